The standard InChI is InChI=1S/C18H39NO/c1-13(15(20-12)17(5,6)7)14(16(2,3)4)19(11)18(8,9)10/h13-15H,1-12H3. The lowest BCUT2D eigenvalue weighted by Crippen LogP contribution is -2.57. The molecule has 0 aliphatic rings. The van der Waals surface area contributed by atoms with Crippen LogP contribution in [-0.2, 0) is 4.74 Å². The SMILES string of the molecule is COC(C(C)C(N(C)C(C)(C)C)C(C)(C)C)C(C)(C)C. The molecule has 0 aliphatic carbocycles. The summed E-state index contributed by atoms with van der Waals surface area (Å²) >= 11 is 0. The summed E-state index contributed by atoms with van der Waals surface area (Å²) in [5.41, 5.74) is 0.516. The van der Waals surface area contributed by atoms with Crippen LogP contribution in [0.3, 0.4) is 0 Å². The van der Waals surface area contributed by atoms with E-state index >= 15 is 0 Å². The van der Waals surface area contributed by atoms with Crippen molar-refractivity contribution in [3.63, 3.8) is 0 Å². The van der Waals surface area contributed by atoms with Gasteiger partial charge in [0.1, 0.15) is 0 Å². The Labute approximate surface area is 128 Å². The average molecular weight is 286 g/mol. The van der Waals surface area contributed by atoms with Crippen molar-refractivity contribution < 1.29 is 4.74 Å². The van der Waals surface area contributed by atoms with Crippen molar-refractivity contribution in [2.75, 3.05) is 14.2 Å². The van der Waals surface area contributed by atoms with E-state index < -0.39 is 0 Å². The number of rotatable bonds is 4. The first kappa shape index (κ1) is 19.9. The van der Waals surface area contributed by atoms with E-state index in [0.29, 0.717) is 12.0 Å². The van der Waals surface area contributed by atoms with Crippen LogP contribution in [0.2, 0.25) is 0 Å². The third-order valence-electron chi connectivity index (χ3n) is 4.45. The van der Waals surface area contributed by atoms with Crippen LogP contribution < -0.4 is 0 Å². The minimum absolute atomic E-state index is 0.149. The molecule has 0 saturated carbocycles. The Morgan fingerprint density at radius 3 is 1.40 bits per heavy atom. The summed E-state index contributed by atoms with van der Waals surface area (Å²) in [4.78, 5) is 2.52. The van der Waals surface area contributed by atoms with E-state index in [1.54, 1.807) is 0 Å². The van der Waals surface area contributed by atoms with Crippen molar-refractivity contribution >= 4 is 0 Å². The second-order valence-electron chi connectivity index (χ2n) is 9.47. The first-order chi connectivity index (χ1) is 8.64. The molecule has 0 radical (unpaired) electrons. The van der Waals surface area contributed by atoms with E-state index in [2.05, 4.69) is 81.2 Å². The van der Waals surface area contributed by atoms with Crippen LogP contribution in [0.25, 0.3) is 0 Å². The van der Waals surface area contributed by atoms with E-state index in [1.165, 1.54) is 0 Å². The Kier molecular flexibility index (Phi) is 6.33. The van der Waals surface area contributed by atoms with Crippen molar-refractivity contribution in [2.24, 2.45) is 16.7 Å². The fourth-order valence-electron chi connectivity index (χ4n) is 3.66. The molecule has 20 heavy (non-hydrogen) atoms. The van der Waals surface area contributed by atoms with Crippen molar-refractivity contribution in [1.82, 2.24) is 4.90 Å². The van der Waals surface area contributed by atoms with Crippen molar-refractivity contribution in [3.8, 4) is 0 Å². The van der Waals surface area contributed by atoms with Crippen LogP contribution in [0.1, 0.15) is 69.2 Å². The summed E-state index contributed by atoms with van der Waals surface area (Å²) in [6.45, 7) is 23.0. The summed E-state index contributed by atoms with van der Waals surface area (Å²) < 4.78 is 5.89. The normalized spacial score (nSPS) is 19.1. The predicted octanol–water partition coefficient (Wildman–Crippen LogP) is 4.83. The Morgan fingerprint density at radius 2 is 1.20 bits per heavy atom. The number of hydrogen-bond donors (Lipinski definition) is 0. The van der Waals surface area contributed by atoms with Gasteiger partial charge in [0.25, 0.3) is 0 Å². The second kappa shape index (κ2) is 6.36. The topological polar surface area (TPSA) is 12.5 Å². The monoisotopic (exact) mass is 285 g/mol. The van der Waals surface area contributed by atoms with E-state index in [4.69, 9.17) is 4.74 Å². The first-order valence-corrected chi connectivity index (χ1v) is 7.89. The molecule has 2 nitrogen and oxygen atoms in total. The molecule has 0 heterocycles. The molecule has 0 aromatic heterocycles. The summed E-state index contributed by atoms with van der Waals surface area (Å²) in [6.07, 6.45) is 0.247. The molecule has 3 unspecified atom stereocenters. The highest BCUT2D eigenvalue weighted by atomic mass is 16.5. The molecule has 0 N–H and O–H groups in total. The van der Waals surface area contributed by atoms with Crippen molar-refractivity contribution in [2.45, 2.75) is 86.9 Å². The lowest BCUT2D eigenvalue weighted by Gasteiger charge is -2.51. The Balaban J connectivity index is 5.56. The largest absolute Gasteiger partial charge is 0.381 e. The third-order valence-corrected chi connectivity index (χ3v) is 4.45. The molecular formula is C18H39NO. The molecule has 0 bridgehead atoms. The number of nitrogens with zero attached hydrogens (tertiary/aromatic N) is 1. The Hall–Kier alpha value is -0.0800. The van der Waals surface area contributed by atoms with Gasteiger partial charge in [-0.15, -0.1) is 0 Å². The number of ether oxygens (including phenoxy) is 1. The van der Waals surface area contributed by atoms with Gasteiger partial charge >= 0.3 is 0 Å². The molecule has 0 aliphatic heterocycles. The van der Waals surface area contributed by atoms with Crippen LogP contribution in [0, 0.1) is 16.7 Å². The van der Waals surface area contributed by atoms with E-state index in [0.717, 1.165) is 0 Å². The molecule has 2 heteroatoms. The zero-order valence-electron chi connectivity index (χ0n) is 16.1. The minimum atomic E-state index is 0.149. The van der Waals surface area contributed by atoms with Crippen molar-refractivity contribution in [3.05, 3.63) is 0 Å². The van der Waals surface area contributed by atoms with E-state index in [9.17, 15) is 0 Å². The molecule has 0 aromatic rings. The van der Waals surface area contributed by atoms with Gasteiger partial charge in [-0.2, -0.15) is 0 Å². The minimum Gasteiger partial charge on any atom is -0.381 e. The first-order valence-electron chi connectivity index (χ1n) is 7.89. The maximum atomic E-state index is 5.89. The highest BCUT2D eigenvalue weighted by molar-refractivity contribution is 4.95. The van der Waals surface area contributed by atoms with Gasteiger partial charge in [-0.05, 0) is 44.6 Å². The average Bonchev–Trinajstić information content (AvgIpc) is 2.12. The highest BCUT2D eigenvalue weighted by Gasteiger charge is 2.43. The van der Waals surface area contributed by atoms with Gasteiger partial charge in [-0.3, -0.25) is 4.90 Å². The lowest BCUT2D eigenvalue weighted by atomic mass is 9.70. The molecule has 0 aromatic carbocycles. The van der Waals surface area contributed by atoms with Crippen LogP contribution >= 0.6 is 0 Å². The van der Waals surface area contributed by atoms with Gasteiger partial charge in [-0.25, -0.2) is 0 Å². The van der Waals surface area contributed by atoms with Gasteiger partial charge in [0, 0.05) is 18.7 Å². The van der Waals surface area contributed by atoms with E-state index in [1.807, 2.05) is 7.11 Å². The Morgan fingerprint density at radius 1 is 0.800 bits per heavy atom. The molecular weight excluding hydrogens is 246 g/mol. The second-order valence-corrected chi connectivity index (χ2v) is 9.47. The van der Waals surface area contributed by atoms with Crippen LogP contribution in [0.15, 0.2) is 0 Å². The Bertz CT molecular complexity index is 290. The summed E-state index contributed by atoms with van der Waals surface area (Å²) in [5.74, 6) is 0.462. The molecule has 0 spiro atoms. The van der Waals surface area contributed by atoms with Gasteiger partial charge in [0.05, 0.1) is 6.10 Å². The number of hydrogen-bond acceptors (Lipinski definition) is 2. The lowest BCUT2D eigenvalue weighted by molar-refractivity contribution is -0.0827. The van der Waals surface area contributed by atoms with Gasteiger partial charge in [0.15, 0.2) is 0 Å². The van der Waals surface area contributed by atoms with Crippen LogP contribution in [0.5, 0.6) is 0 Å². The van der Waals surface area contributed by atoms with Gasteiger partial charge in [0.2, 0.25) is 0 Å². The highest BCUT2D eigenvalue weighted by Crippen LogP contribution is 2.39. The van der Waals surface area contributed by atoms with Gasteiger partial charge in [-0.1, -0.05) is 48.5 Å². The zero-order chi connectivity index (χ0) is 16.5. The maximum Gasteiger partial charge on any atom is 0.0660 e. The fourth-order valence-corrected chi connectivity index (χ4v) is 3.66. The number of methoxy groups -OCH3 is 1. The molecule has 3 atom stereocenters. The smallest absolute Gasteiger partial charge is 0.0660 e. The van der Waals surface area contributed by atoms with Crippen LogP contribution in [0.4, 0.5) is 0 Å². The summed E-state index contributed by atoms with van der Waals surface area (Å²) in [6, 6.07) is 0.465. The predicted molar refractivity (Wildman–Crippen MR) is 90.2 cm³/mol. The van der Waals surface area contributed by atoms with Crippen LogP contribution in [-0.4, -0.2) is 36.7 Å². The maximum absolute atomic E-state index is 5.89. The van der Waals surface area contributed by atoms with Gasteiger partial charge < -0.3 is 4.74 Å². The fraction of sp³-hybridized carbons (Fsp3) is 1.00. The quantitative estimate of drug-likeness (QED) is 0.733. The summed E-state index contributed by atoms with van der Waals surface area (Å²) in [7, 11) is 4.10. The molecule has 0 saturated heterocycles. The molecule has 0 rings (SSSR count). The summed E-state index contributed by atoms with van der Waals surface area (Å²) in [5, 5.41) is 0. The third kappa shape index (κ3) is 5.04. The van der Waals surface area contributed by atoms with Crippen molar-refractivity contribution in [1.29, 1.82) is 0 Å². The zero-order valence-corrected chi connectivity index (χ0v) is 16.1. The van der Waals surface area contributed by atoms with E-state index in [-0.39, 0.29) is 22.5 Å². The molecule has 0 fully saturated rings. The molecule has 0 amide bonds. The molecule has 122 valence electrons.